The first-order chi connectivity index (χ1) is 5.74. The van der Waals surface area contributed by atoms with Crippen molar-refractivity contribution in [2.24, 2.45) is 5.92 Å². The summed E-state index contributed by atoms with van der Waals surface area (Å²) in [6, 6.07) is 0. The van der Waals surface area contributed by atoms with Crippen LogP contribution in [0.15, 0.2) is 23.8 Å². The molecule has 1 aliphatic rings. The molecule has 1 unspecified atom stereocenters. The van der Waals surface area contributed by atoms with Gasteiger partial charge in [-0.05, 0) is 12.3 Å². The molecule has 2 nitrogen and oxygen atoms in total. The van der Waals surface area contributed by atoms with Crippen molar-refractivity contribution >= 4 is 6.41 Å². The van der Waals surface area contributed by atoms with Gasteiger partial charge in [-0.2, -0.15) is 0 Å². The van der Waals surface area contributed by atoms with Crippen LogP contribution in [-0.4, -0.2) is 24.9 Å². The molecule has 1 aliphatic carbocycles. The molecular weight excluding hydrogens is 150 g/mol. The van der Waals surface area contributed by atoms with Gasteiger partial charge in [0.1, 0.15) is 0 Å². The van der Waals surface area contributed by atoms with E-state index in [4.69, 9.17) is 0 Å². The lowest BCUT2D eigenvalue weighted by molar-refractivity contribution is -0.117. The summed E-state index contributed by atoms with van der Waals surface area (Å²) in [6.45, 7) is 2.97. The van der Waals surface area contributed by atoms with Gasteiger partial charge in [0.05, 0.1) is 0 Å². The normalized spacial score (nSPS) is 17.3. The van der Waals surface area contributed by atoms with Crippen molar-refractivity contribution in [3.63, 3.8) is 0 Å². The van der Waals surface area contributed by atoms with Crippen molar-refractivity contribution in [1.29, 1.82) is 0 Å². The Labute approximate surface area is 73.6 Å². The molecule has 1 atom stereocenters. The second kappa shape index (κ2) is 4.10. The average Bonchev–Trinajstić information content (AvgIpc) is 2.56. The molecule has 0 fully saturated rings. The first kappa shape index (κ1) is 9.04. The van der Waals surface area contributed by atoms with Crippen molar-refractivity contribution in [1.82, 2.24) is 4.90 Å². The summed E-state index contributed by atoms with van der Waals surface area (Å²) >= 11 is 0. The van der Waals surface area contributed by atoms with Crippen LogP contribution in [0.3, 0.4) is 0 Å². The van der Waals surface area contributed by atoms with Gasteiger partial charge in [-0.15, -0.1) is 0 Å². The van der Waals surface area contributed by atoms with E-state index in [1.54, 1.807) is 4.90 Å². The molecule has 0 aliphatic heterocycles. The second-order valence-electron chi connectivity index (χ2n) is 3.32. The summed E-state index contributed by atoms with van der Waals surface area (Å²) in [5, 5.41) is 0. The van der Waals surface area contributed by atoms with Gasteiger partial charge in [0, 0.05) is 13.6 Å². The van der Waals surface area contributed by atoms with Crippen LogP contribution < -0.4 is 0 Å². The fraction of sp³-hybridized carbons (Fsp3) is 0.500. The number of carbonyl (C=O) groups is 1. The van der Waals surface area contributed by atoms with E-state index in [-0.39, 0.29) is 0 Å². The van der Waals surface area contributed by atoms with Crippen LogP contribution in [-0.2, 0) is 4.79 Å². The molecule has 0 aromatic carbocycles. The second-order valence-corrected chi connectivity index (χ2v) is 3.32. The minimum atomic E-state index is 0.482. The van der Waals surface area contributed by atoms with Crippen molar-refractivity contribution in [3.8, 4) is 0 Å². The Hall–Kier alpha value is -1.05. The molecule has 0 aromatic rings. The fourth-order valence-corrected chi connectivity index (χ4v) is 1.42. The maximum atomic E-state index is 10.3. The quantitative estimate of drug-likeness (QED) is 0.579. The van der Waals surface area contributed by atoms with E-state index in [1.165, 1.54) is 5.57 Å². The lowest BCUT2D eigenvalue weighted by Gasteiger charge is -2.18. The van der Waals surface area contributed by atoms with E-state index in [2.05, 4.69) is 25.2 Å². The fourth-order valence-electron chi connectivity index (χ4n) is 1.42. The molecule has 66 valence electrons. The van der Waals surface area contributed by atoms with Crippen molar-refractivity contribution in [2.45, 2.75) is 13.3 Å². The lowest BCUT2D eigenvalue weighted by Crippen LogP contribution is -2.23. The molecule has 0 bridgehead atoms. The van der Waals surface area contributed by atoms with Gasteiger partial charge in [-0.1, -0.05) is 30.7 Å². The van der Waals surface area contributed by atoms with Gasteiger partial charge in [-0.3, -0.25) is 4.79 Å². The van der Waals surface area contributed by atoms with Crippen molar-refractivity contribution < 1.29 is 4.79 Å². The van der Waals surface area contributed by atoms with Crippen LogP contribution in [0.1, 0.15) is 13.3 Å². The number of nitrogens with zero attached hydrogens (tertiary/aromatic N) is 1. The molecule has 0 heterocycles. The Kier molecular flexibility index (Phi) is 3.09. The predicted octanol–water partition coefficient (Wildman–Crippen LogP) is 1.60. The van der Waals surface area contributed by atoms with E-state index < -0.39 is 0 Å². The number of carbonyl (C=O) groups excluding carboxylic acids is 1. The lowest BCUT2D eigenvalue weighted by atomic mass is 10.0. The Balaban J connectivity index is 2.38. The molecule has 1 rings (SSSR count). The van der Waals surface area contributed by atoms with Gasteiger partial charge in [-0.25, -0.2) is 0 Å². The Morgan fingerprint density at radius 2 is 2.50 bits per heavy atom. The monoisotopic (exact) mass is 165 g/mol. The first-order valence-corrected chi connectivity index (χ1v) is 4.25. The molecule has 2 heteroatoms. The summed E-state index contributed by atoms with van der Waals surface area (Å²) in [7, 11) is 1.81. The number of rotatable bonds is 4. The van der Waals surface area contributed by atoms with Gasteiger partial charge < -0.3 is 4.90 Å². The highest BCUT2D eigenvalue weighted by Crippen LogP contribution is 2.19. The van der Waals surface area contributed by atoms with Crippen LogP contribution >= 0.6 is 0 Å². The highest BCUT2D eigenvalue weighted by atomic mass is 16.1. The minimum absolute atomic E-state index is 0.482. The zero-order valence-electron chi connectivity index (χ0n) is 7.66. The number of amides is 1. The highest BCUT2D eigenvalue weighted by molar-refractivity contribution is 5.46. The summed E-state index contributed by atoms with van der Waals surface area (Å²) in [5.74, 6) is 0.482. The number of hydrogen-bond donors (Lipinski definition) is 0. The zero-order chi connectivity index (χ0) is 8.97. The van der Waals surface area contributed by atoms with Crippen molar-refractivity contribution in [3.05, 3.63) is 23.8 Å². The molecular formula is C10H15NO. The Bertz CT molecular complexity index is 218. The van der Waals surface area contributed by atoms with Crippen LogP contribution in [0.25, 0.3) is 0 Å². The summed E-state index contributed by atoms with van der Waals surface area (Å²) in [4.78, 5) is 12.0. The third-order valence-corrected chi connectivity index (χ3v) is 2.17. The third-order valence-electron chi connectivity index (χ3n) is 2.17. The van der Waals surface area contributed by atoms with Crippen LogP contribution in [0.4, 0.5) is 0 Å². The molecule has 1 amide bonds. The molecule has 0 spiro atoms. The Morgan fingerprint density at radius 1 is 1.75 bits per heavy atom. The van der Waals surface area contributed by atoms with E-state index in [1.807, 2.05) is 7.05 Å². The van der Waals surface area contributed by atoms with E-state index in [0.717, 1.165) is 19.4 Å². The molecule has 0 aromatic heterocycles. The van der Waals surface area contributed by atoms with E-state index in [9.17, 15) is 4.79 Å². The summed E-state index contributed by atoms with van der Waals surface area (Å²) in [6.07, 6.45) is 8.29. The number of allylic oxidation sites excluding steroid dienone is 3. The van der Waals surface area contributed by atoms with Crippen LogP contribution in [0.5, 0.6) is 0 Å². The van der Waals surface area contributed by atoms with E-state index in [0.29, 0.717) is 5.92 Å². The third kappa shape index (κ3) is 2.22. The van der Waals surface area contributed by atoms with Crippen LogP contribution in [0, 0.1) is 5.92 Å². The molecule has 12 heavy (non-hydrogen) atoms. The van der Waals surface area contributed by atoms with Crippen LogP contribution in [0.2, 0.25) is 0 Å². The first-order valence-electron chi connectivity index (χ1n) is 4.25. The molecule has 0 radical (unpaired) electrons. The molecule has 0 saturated carbocycles. The van der Waals surface area contributed by atoms with Gasteiger partial charge in [0.15, 0.2) is 0 Å². The summed E-state index contributed by atoms with van der Waals surface area (Å²) < 4.78 is 0. The highest BCUT2D eigenvalue weighted by Gasteiger charge is 2.10. The average molecular weight is 165 g/mol. The van der Waals surface area contributed by atoms with E-state index >= 15 is 0 Å². The largest absolute Gasteiger partial charge is 0.348 e. The Morgan fingerprint density at radius 3 is 3.00 bits per heavy atom. The minimum Gasteiger partial charge on any atom is -0.348 e. The molecule has 0 saturated heterocycles. The van der Waals surface area contributed by atoms with Gasteiger partial charge in [0.25, 0.3) is 0 Å². The SMILES string of the molecule is CC(CN(C)C=O)C1=CC=CC1. The van der Waals surface area contributed by atoms with Crippen molar-refractivity contribution in [2.75, 3.05) is 13.6 Å². The molecule has 0 N–H and O–H groups in total. The van der Waals surface area contributed by atoms with Gasteiger partial charge >= 0.3 is 0 Å². The standard InChI is InChI=1S/C10H15NO/c1-9(7-11(2)8-12)10-5-3-4-6-10/h3-5,8-9H,6-7H2,1-2H3. The topological polar surface area (TPSA) is 20.3 Å². The maximum Gasteiger partial charge on any atom is 0.209 e. The summed E-state index contributed by atoms with van der Waals surface area (Å²) in [5.41, 5.74) is 1.42. The van der Waals surface area contributed by atoms with Gasteiger partial charge in [0.2, 0.25) is 6.41 Å². The predicted molar refractivity (Wildman–Crippen MR) is 49.7 cm³/mol. The number of hydrogen-bond acceptors (Lipinski definition) is 1. The smallest absolute Gasteiger partial charge is 0.209 e. The maximum absolute atomic E-state index is 10.3. The zero-order valence-corrected chi connectivity index (χ0v) is 7.66.